The van der Waals surface area contributed by atoms with Gasteiger partial charge in [-0.1, -0.05) is 152 Å². The van der Waals surface area contributed by atoms with Gasteiger partial charge >= 0.3 is 0 Å². The number of aromatic nitrogens is 5. The summed E-state index contributed by atoms with van der Waals surface area (Å²) in [7, 11) is 0. The molecule has 322 valence electrons. The van der Waals surface area contributed by atoms with Gasteiger partial charge in [-0.3, -0.25) is 13.7 Å². The second-order valence-electron chi connectivity index (χ2n) is 16.3. The molecule has 6 nitrogen and oxygen atoms in total. The quantitative estimate of drug-likeness (QED) is 0.107. The topological polar surface area (TPSA) is 40.8 Å². The zero-order chi connectivity index (χ0) is 55.6. The predicted molar refractivity (Wildman–Crippen MR) is 277 cm³/mol. The molecule has 9 aromatic carbocycles. The van der Waals surface area contributed by atoms with Crippen LogP contribution < -0.4 is 9.30 Å². The van der Waals surface area contributed by atoms with E-state index < -0.39 is 66.8 Å². The first kappa shape index (κ1) is 28.8. The van der Waals surface area contributed by atoms with Gasteiger partial charge in [0.1, 0.15) is 17.3 Å². The lowest BCUT2D eigenvalue weighted by Gasteiger charge is -2.17. The molecular formula is C62H43N5O. The Hall–Kier alpha value is -9.00. The lowest BCUT2D eigenvalue weighted by atomic mass is 9.95. The number of benzene rings is 9. The zero-order valence-electron chi connectivity index (χ0n) is 48.3. The molecule has 6 heteroatoms. The van der Waals surface area contributed by atoms with Crippen molar-refractivity contribution in [1.29, 1.82) is 0 Å². The summed E-state index contributed by atoms with van der Waals surface area (Å²) >= 11 is 0. The molecule has 68 heavy (non-hydrogen) atoms. The molecule has 4 aromatic heterocycles. The van der Waals surface area contributed by atoms with Crippen LogP contribution in [0.15, 0.2) is 230 Å². The van der Waals surface area contributed by atoms with Crippen LogP contribution in [0.25, 0.3) is 99.8 Å². The molecule has 0 saturated carbocycles. The lowest BCUT2D eigenvalue weighted by Crippen LogP contribution is -2.31. The fourth-order valence-corrected chi connectivity index (χ4v) is 9.53. The van der Waals surface area contributed by atoms with Crippen LogP contribution in [0.5, 0.6) is 11.5 Å². The number of para-hydroxylation sites is 5. The molecule has 0 spiro atoms. The van der Waals surface area contributed by atoms with Crippen LogP contribution in [-0.4, -0.2) is 18.7 Å². The van der Waals surface area contributed by atoms with Crippen LogP contribution in [-0.2, 0) is 6.37 Å². The molecule has 0 aliphatic heterocycles. The Bertz CT molecular complexity index is 4570. The maximum Gasteiger partial charge on any atom is 0.269 e. The highest BCUT2D eigenvalue weighted by molar-refractivity contribution is 6.12. The van der Waals surface area contributed by atoms with Gasteiger partial charge in [-0.05, 0) is 107 Å². The molecule has 0 bridgehead atoms. The second kappa shape index (κ2) is 16.2. The number of rotatable bonds is 9. The number of nitrogens with zero attached hydrogens (tertiary/aromatic N) is 5. The van der Waals surface area contributed by atoms with E-state index in [-0.39, 0.29) is 27.9 Å². The van der Waals surface area contributed by atoms with Crippen molar-refractivity contribution in [2.45, 2.75) is 13.3 Å². The molecule has 0 amide bonds. The van der Waals surface area contributed by atoms with E-state index in [1.165, 1.54) is 6.92 Å². The average Bonchev–Trinajstić information content (AvgIpc) is 4.33. The first-order valence-corrected chi connectivity index (χ1v) is 22.0. The van der Waals surface area contributed by atoms with Crippen LogP contribution in [0, 0.1) is 6.33 Å². The molecule has 13 rings (SSSR count). The molecule has 0 radical (unpaired) electrons. The van der Waals surface area contributed by atoms with E-state index in [1.807, 2.05) is 77.4 Å². The molecule has 0 aliphatic carbocycles. The van der Waals surface area contributed by atoms with E-state index in [0.717, 1.165) is 49.3 Å². The molecule has 0 saturated heterocycles. The summed E-state index contributed by atoms with van der Waals surface area (Å²) in [5.41, 5.74) is 7.09. The smallest absolute Gasteiger partial charge is 0.269 e. The molecular weight excluding hydrogens is 831 g/mol. The first-order valence-electron chi connectivity index (χ1n) is 28.0. The third-order valence-corrected chi connectivity index (χ3v) is 12.5. The number of imidazole rings is 1. The number of aryl methyl sites for hydroxylation is 1. The Morgan fingerprint density at radius 1 is 0.529 bits per heavy atom. The molecule has 13 aromatic rings. The Morgan fingerprint density at radius 3 is 1.88 bits per heavy atom. The van der Waals surface area contributed by atoms with Crippen molar-refractivity contribution in [3.05, 3.63) is 242 Å². The largest absolute Gasteiger partial charge is 0.458 e. The van der Waals surface area contributed by atoms with Crippen molar-refractivity contribution >= 4 is 54.6 Å². The van der Waals surface area contributed by atoms with E-state index in [4.69, 9.17) is 26.2 Å². The van der Waals surface area contributed by atoms with Gasteiger partial charge in [-0.2, -0.15) is 0 Å². The molecule has 0 aliphatic rings. The van der Waals surface area contributed by atoms with Crippen LogP contribution in [0.2, 0.25) is 0 Å². The van der Waals surface area contributed by atoms with Crippen LogP contribution in [0.1, 0.15) is 28.9 Å². The molecule has 0 atom stereocenters. The van der Waals surface area contributed by atoms with Gasteiger partial charge in [0.2, 0.25) is 0 Å². The van der Waals surface area contributed by atoms with Gasteiger partial charge in [-0.15, -0.1) is 0 Å². The van der Waals surface area contributed by atoms with Crippen LogP contribution >= 0.6 is 0 Å². The van der Waals surface area contributed by atoms with Crippen molar-refractivity contribution in [3.63, 3.8) is 0 Å². The van der Waals surface area contributed by atoms with E-state index in [9.17, 15) is 0 Å². The average molecular weight is 886 g/mol. The van der Waals surface area contributed by atoms with Gasteiger partial charge < -0.3 is 9.30 Å². The minimum absolute atomic E-state index is 0.138. The highest BCUT2D eigenvalue weighted by atomic mass is 16.5. The second-order valence-corrected chi connectivity index (χ2v) is 16.3. The third kappa shape index (κ3) is 6.49. The number of ether oxygens (including phenoxy) is 1. The Labute approximate surface area is 410 Å². The van der Waals surface area contributed by atoms with Crippen molar-refractivity contribution < 1.29 is 25.8 Å². The van der Waals surface area contributed by atoms with Crippen LogP contribution in [0.3, 0.4) is 0 Å². The summed E-state index contributed by atoms with van der Waals surface area (Å²) in [5.74, 6) is 1.48. The lowest BCUT2D eigenvalue weighted by molar-refractivity contribution is -0.571. The third-order valence-electron chi connectivity index (χ3n) is 12.5. The highest BCUT2D eigenvalue weighted by Gasteiger charge is 2.21. The first-order chi connectivity index (χ1) is 38.5. The van der Waals surface area contributed by atoms with E-state index >= 15 is 0 Å². The summed E-state index contributed by atoms with van der Waals surface area (Å²) in [6.45, 7) is 1.52. The SMILES string of the molecule is [2H]c1c([2H])c([2H])c(-c2cccc(-c3c([2H])c([2H])c([2H])c([2H])c3[2H])c2-[n+]2[c-]n(-c3cccc(Oc4ccc5c6cc(-n7c8ccccc8c8ccccc87)ccc6n(-c6cc(C([2H])([2H])C)ccn6)c5c4)c3)c3ccccc32)c([2H])c1[2H]. The summed E-state index contributed by atoms with van der Waals surface area (Å²) in [4.78, 5) is 4.80. The molecule has 4 heterocycles. The van der Waals surface area contributed by atoms with Gasteiger partial charge in [0.05, 0.1) is 58.2 Å². The van der Waals surface area contributed by atoms with Gasteiger partial charge in [0.15, 0.2) is 0 Å². The number of pyridine rings is 1. The molecule has 0 unspecified atom stereocenters. The van der Waals surface area contributed by atoms with Gasteiger partial charge in [0, 0.05) is 42.2 Å². The Balaban J connectivity index is 0.967. The maximum absolute atomic E-state index is 9.06. The Kier molecular flexibility index (Phi) is 6.84. The minimum Gasteiger partial charge on any atom is -0.458 e. The number of fused-ring (bicyclic) bond motifs is 7. The highest BCUT2D eigenvalue weighted by Crippen LogP contribution is 2.39. The maximum atomic E-state index is 9.06. The fourth-order valence-electron chi connectivity index (χ4n) is 9.53. The summed E-state index contributed by atoms with van der Waals surface area (Å²) in [6.07, 6.45) is 3.43. The number of hydrogen-bond acceptors (Lipinski definition) is 2. The fraction of sp³-hybridized carbons (Fsp3) is 0.0323. The summed E-state index contributed by atoms with van der Waals surface area (Å²) in [6, 6.07) is 46.4. The summed E-state index contributed by atoms with van der Waals surface area (Å²) < 4.78 is 119. The van der Waals surface area contributed by atoms with E-state index in [2.05, 4.69) is 65.5 Å². The predicted octanol–water partition coefficient (Wildman–Crippen LogP) is 15.0. The van der Waals surface area contributed by atoms with Gasteiger partial charge in [0.25, 0.3) is 6.33 Å². The van der Waals surface area contributed by atoms with E-state index in [1.54, 1.807) is 51.7 Å². The van der Waals surface area contributed by atoms with Crippen molar-refractivity contribution in [1.82, 2.24) is 18.7 Å². The summed E-state index contributed by atoms with van der Waals surface area (Å²) in [5, 5.41) is 4.16. The zero-order valence-corrected chi connectivity index (χ0v) is 36.3. The Morgan fingerprint density at radius 2 is 1.16 bits per heavy atom. The van der Waals surface area contributed by atoms with Crippen LogP contribution in [0.4, 0.5) is 0 Å². The molecule has 0 N–H and O–H groups in total. The monoisotopic (exact) mass is 885 g/mol. The standard InChI is InChI=1S/C62H43N5O/c1-2-42-35-36-63-61(37-42)67-57-34-31-46(66-55-27-11-9-23-51(55)52-24-10-12-28-56(52)66)39-54(57)53-33-32-48(40-60(53)67)68-47-22-15-21-45(38-47)64-41-65(59-30-14-13-29-58(59)64)62-49(43-17-5-3-6-18-43)25-16-26-50(62)44-19-7-4-8-20-44/h3-40H,2H2,1H3/i2D2,3D,4D,5D,6D,7D,8D,17D,18D,19D,20D. The number of hydrogen-bond donors (Lipinski definition) is 0. The van der Waals surface area contributed by atoms with Crippen molar-refractivity contribution in [2.24, 2.45) is 0 Å². The minimum atomic E-state index is -1.64. The van der Waals surface area contributed by atoms with Gasteiger partial charge in [-0.25, -0.2) is 4.98 Å². The van der Waals surface area contributed by atoms with Crippen molar-refractivity contribution in [2.75, 3.05) is 0 Å². The van der Waals surface area contributed by atoms with Crippen molar-refractivity contribution in [3.8, 4) is 56.6 Å². The normalized spacial score (nSPS) is 14.4. The molecule has 0 fully saturated rings. The van der Waals surface area contributed by atoms with E-state index in [0.29, 0.717) is 39.6 Å².